The molecular weight excluding hydrogens is 494 g/mol. The van der Waals surface area contributed by atoms with Gasteiger partial charge in [0.1, 0.15) is 18.2 Å². The molecule has 0 saturated carbocycles. The molecule has 0 aliphatic rings. The van der Waals surface area contributed by atoms with E-state index >= 15 is 0 Å². The molecule has 0 N–H and O–H groups in total. The molecule has 1 aromatic carbocycles. The van der Waals surface area contributed by atoms with Gasteiger partial charge in [-0.05, 0) is 26.8 Å². The molecule has 0 aliphatic heterocycles. The van der Waals surface area contributed by atoms with E-state index in [0.717, 1.165) is 25.1 Å². The van der Waals surface area contributed by atoms with Crippen molar-refractivity contribution in [2.75, 3.05) is 21.3 Å². The monoisotopic (exact) mass is 520 g/mol. The van der Waals surface area contributed by atoms with Gasteiger partial charge in [-0.3, -0.25) is 4.79 Å². The van der Waals surface area contributed by atoms with Gasteiger partial charge in [0, 0.05) is 24.1 Å². The van der Waals surface area contributed by atoms with Gasteiger partial charge in [-0.2, -0.15) is 19.2 Å². The Morgan fingerprint density at radius 3 is 2.23 bits per heavy atom. The number of fused-ring (bicyclic) bond motifs is 1. The number of hydrogen-bond donors (Lipinski definition) is 0. The van der Waals surface area contributed by atoms with E-state index in [0.29, 0.717) is 34.7 Å². The van der Waals surface area contributed by atoms with Crippen molar-refractivity contribution in [3.05, 3.63) is 52.2 Å². The van der Waals surface area contributed by atoms with E-state index in [1.54, 1.807) is 25.6 Å². The number of methoxy groups -OCH3 is 1. The van der Waals surface area contributed by atoms with Gasteiger partial charge in [0.2, 0.25) is 5.78 Å². The Morgan fingerprint density at radius 1 is 1.09 bits per heavy atom. The average molecular weight is 521 g/mol. The predicted octanol–water partition coefficient (Wildman–Crippen LogP) is -4.15. The molecule has 0 unspecified atom stereocenters. The first-order chi connectivity index (χ1) is 15.9. The molecule has 3 heterocycles. The minimum Gasteiger partial charge on any atom is -0.857 e. The summed E-state index contributed by atoms with van der Waals surface area (Å²) in [6.07, 6.45) is 1.80. The van der Waals surface area contributed by atoms with Gasteiger partial charge in [-0.15, -0.1) is 11.3 Å². The second kappa shape index (κ2) is 18.9. The number of ether oxygens (including phenoxy) is 1. The molecule has 0 radical (unpaired) electrons. The Labute approximate surface area is 252 Å². The van der Waals surface area contributed by atoms with Crippen molar-refractivity contribution in [2.45, 2.75) is 27.5 Å². The largest absolute Gasteiger partial charge is 1.00 e. The molecule has 35 heavy (non-hydrogen) atoms. The summed E-state index contributed by atoms with van der Waals surface area (Å²) in [7, 11) is 3.12. The zero-order valence-electron chi connectivity index (χ0n) is 21.3. The normalized spacial score (nSPS) is 9.14. The van der Waals surface area contributed by atoms with E-state index < -0.39 is 0 Å². The average Bonchev–Trinajstić information content (AvgIpc) is 3.55. The van der Waals surface area contributed by atoms with Crippen molar-refractivity contribution >= 4 is 33.8 Å². The number of thiazole rings is 1. The maximum absolute atomic E-state index is 13.0. The molecule has 3 aromatic heterocycles. The number of carbonyl (C=O) groups is 2. The minimum atomic E-state index is -0.140. The molecule has 0 fully saturated rings. The number of Topliss-reactive ketones (excluding diaryl/α,β-unsaturated/α-hetero) is 1. The van der Waals surface area contributed by atoms with Gasteiger partial charge >= 0.3 is 59.1 Å². The summed E-state index contributed by atoms with van der Waals surface area (Å²) in [5, 5.41) is 23.2. The second-order valence-corrected chi connectivity index (χ2v) is 7.23. The van der Waals surface area contributed by atoms with Crippen LogP contribution in [-0.2, 0) is 16.3 Å². The Hall–Kier alpha value is -1.25. The number of benzene rings is 1. The number of carbonyl (C=O) groups excluding carboxylic acids is 2. The van der Waals surface area contributed by atoms with Crippen molar-refractivity contribution in [3.63, 3.8) is 0 Å². The first-order valence-corrected chi connectivity index (χ1v) is 10.4. The predicted molar refractivity (Wildman–Crippen MR) is 121 cm³/mol. The SMILES string of the molecule is CC(C)=O.COCn1cc(C(=O)c2nc(-c3nc(C)no3)cs2)c2ccccc21.C[O-].C[O-].[Na+].[Na+]. The van der Waals surface area contributed by atoms with Crippen LogP contribution in [0.4, 0.5) is 0 Å². The molecule has 178 valence electrons. The molecule has 4 rings (SSSR count). The maximum atomic E-state index is 13.0. The van der Waals surface area contributed by atoms with Gasteiger partial charge in [0.15, 0.2) is 10.8 Å². The van der Waals surface area contributed by atoms with E-state index in [9.17, 15) is 9.59 Å². The Morgan fingerprint density at radius 2 is 1.69 bits per heavy atom. The third-order valence-corrected chi connectivity index (χ3v) is 4.59. The van der Waals surface area contributed by atoms with Gasteiger partial charge in [0.05, 0.1) is 11.1 Å². The van der Waals surface area contributed by atoms with Crippen molar-refractivity contribution in [3.8, 4) is 11.6 Å². The Kier molecular flexibility index (Phi) is 19.4. The minimum absolute atomic E-state index is 0. The van der Waals surface area contributed by atoms with Crippen LogP contribution >= 0.6 is 11.3 Å². The Balaban J connectivity index is 0. The van der Waals surface area contributed by atoms with Gasteiger partial charge < -0.3 is 28.8 Å². The fourth-order valence-electron chi connectivity index (χ4n) is 2.67. The van der Waals surface area contributed by atoms with Gasteiger partial charge in [-0.1, -0.05) is 23.4 Å². The summed E-state index contributed by atoms with van der Waals surface area (Å²) >= 11 is 1.26. The molecular formula is C22H26N4Na2O6S. The standard InChI is InChI=1S/C17H14N4O3S.C3H6O.2CH3O.2Na/c1-10-18-16(24-20-10)13-8-25-17(19-13)15(22)12-7-21(9-23-2)14-6-4-3-5-11(12)14;1-3(2)4;2*1-2;;/h3-8H,9H2,1-2H3;1-2H3;2*1H3;;/q;;2*-1;2*+1. The molecule has 0 atom stereocenters. The summed E-state index contributed by atoms with van der Waals surface area (Å²) in [5.74, 6) is 0.867. The van der Waals surface area contributed by atoms with E-state index in [-0.39, 0.29) is 70.7 Å². The molecule has 0 aliphatic carbocycles. The molecule has 4 aromatic rings. The first kappa shape index (κ1) is 35.9. The fraction of sp³-hybridized carbons (Fsp3) is 0.318. The number of ketones is 2. The topological polar surface area (TPSA) is 146 Å². The van der Waals surface area contributed by atoms with Crippen molar-refractivity contribution in [1.82, 2.24) is 19.7 Å². The van der Waals surface area contributed by atoms with E-state index in [2.05, 4.69) is 15.1 Å². The molecule has 0 saturated heterocycles. The van der Waals surface area contributed by atoms with E-state index in [1.807, 2.05) is 28.8 Å². The molecule has 0 spiro atoms. The number of aryl methyl sites for hydroxylation is 1. The number of hydrogen-bond acceptors (Lipinski definition) is 10. The second-order valence-electron chi connectivity index (χ2n) is 6.37. The van der Waals surface area contributed by atoms with Crippen LogP contribution in [0.15, 0.2) is 40.4 Å². The summed E-state index contributed by atoms with van der Waals surface area (Å²) in [6.45, 7) is 5.16. The van der Waals surface area contributed by atoms with E-state index in [1.165, 1.54) is 25.2 Å². The maximum Gasteiger partial charge on any atom is 1.00 e. The summed E-state index contributed by atoms with van der Waals surface area (Å²) in [5.41, 5.74) is 2.04. The third-order valence-electron chi connectivity index (χ3n) is 3.75. The van der Waals surface area contributed by atoms with Crippen LogP contribution in [0.1, 0.15) is 35.0 Å². The van der Waals surface area contributed by atoms with Crippen molar-refractivity contribution in [1.29, 1.82) is 0 Å². The van der Waals surface area contributed by atoms with Crippen LogP contribution in [-0.4, -0.2) is 52.6 Å². The summed E-state index contributed by atoms with van der Waals surface area (Å²) in [6, 6.07) is 7.72. The van der Waals surface area contributed by atoms with Crippen LogP contribution in [0.2, 0.25) is 0 Å². The van der Waals surface area contributed by atoms with Gasteiger partial charge in [-0.25, -0.2) is 4.98 Å². The third kappa shape index (κ3) is 10.3. The van der Waals surface area contributed by atoms with Crippen LogP contribution in [0.3, 0.4) is 0 Å². The van der Waals surface area contributed by atoms with Crippen molar-refractivity contribution < 1.29 is 88.2 Å². The van der Waals surface area contributed by atoms with E-state index in [4.69, 9.17) is 19.5 Å². The summed E-state index contributed by atoms with van der Waals surface area (Å²) in [4.78, 5) is 30.9. The zero-order valence-corrected chi connectivity index (χ0v) is 26.1. The molecule has 0 amide bonds. The Bertz CT molecular complexity index is 1170. The number of rotatable bonds is 5. The smallest absolute Gasteiger partial charge is 0.857 e. The molecule has 0 bridgehead atoms. The molecule has 13 heteroatoms. The van der Waals surface area contributed by atoms with Crippen molar-refractivity contribution in [2.24, 2.45) is 0 Å². The fourth-order valence-corrected chi connectivity index (χ4v) is 3.41. The number of para-hydroxylation sites is 1. The van der Waals surface area contributed by atoms with Crippen LogP contribution in [0.5, 0.6) is 0 Å². The van der Waals surface area contributed by atoms with Crippen LogP contribution in [0, 0.1) is 6.92 Å². The quantitative estimate of drug-likeness (QED) is 0.189. The number of aromatic nitrogens is 4. The zero-order chi connectivity index (χ0) is 25.0. The first-order valence-electron chi connectivity index (χ1n) is 9.57. The summed E-state index contributed by atoms with van der Waals surface area (Å²) < 4.78 is 12.2. The number of nitrogens with zero attached hydrogens (tertiary/aromatic N) is 4. The van der Waals surface area contributed by atoms with Crippen LogP contribution < -0.4 is 69.3 Å². The molecule has 10 nitrogen and oxygen atoms in total. The van der Waals surface area contributed by atoms with Crippen LogP contribution in [0.25, 0.3) is 22.5 Å². The van der Waals surface area contributed by atoms with Gasteiger partial charge in [0.25, 0.3) is 5.89 Å².